The molecule has 0 aliphatic carbocycles. The summed E-state index contributed by atoms with van der Waals surface area (Å²) in [6.07, 6.45) is 0.941. The van der Waals surface area contributed by atoms with Crippen molar-refractivity contribution in [1.82, 2.24) is 0 Å². The Labute approximate surface area is 131 Å². The third kappa shape index (κ3) is 4.27. The second-order valence-electron chi connectivity index (χ2n) is 4.96. The molecule has 3 heteroatoms. The Morgan fingerprint density at radius 3 is 2.57 bits per heavy atom. The van der Waals surface area contributed by atoms with E-state index >= 15 is 0 Å². The number of nitriles is 1. The number of nitrogens with zero attached hydrogens (tertiary/aromatic N) is 1. The monoisotopic (exact) mass is 296 g/mol. The van der Waals surface area contributed by atoms with E-state index in [0.717, 1.165) is 28.3 Å². The van der Waals surface area contributed by atoms with Gasteiger partial charge in [-0.15, -0.1) is 11.8 Å². The fourth-order valence-corrected chi connectivity index (χ4v) is 3.11. The molecule has 1 unspecified atom stereocenters. The molecule has 2 rings (SSSR count). The molecule has 1 N–H and O–H groups in total. The second kappa shape index (κ2) is 7.75. The summed E-state index contributed by atoms with van der Waals surface area (Å²) in [5.74, 6) is 0.970. The van der Waals surface area contributed by atoms with Gasteiger partial charge in [0.25, 0.3) is 0 Å². The van der Waals surface area contributed by atoms with Gasteiger partial charge in [0.2, 0.25) is 0 Å². The lowest BCUT2D eigenvalue weighted by molar-refractivity contribution is 0.789. The normalized spacial score (nSPS) is 11.7. The van der Waals surface area contributed by atoms with E-state index < -0.39 is 0 Å². The van der Waals surface area contributed by atoms with Crippen LogP contribution in [0.5, 0.6) is 0 Å². The van der Waals surface area contributed by atoms with Crippen LogP contribution in [0.15, 0.2) is 53.4 Å². The number of hydrogen-bond donors (Lipinski definition) is 1. The predicted octanol–water partition coefficient (Wildman–Crippen LogP) is 4.71. The van der Waals surface area contributed by atoms with Crippen molar-refractivity contribution in [2.45, 2.75) is 31.2 Å². The van der Waals surface area contributed by atoms with Crippen LogP contribution in [0.2, 0.25) is 0 Å². The topological polar surface area (TPSA) is 35.8 Å². The van der Waals surface area contributed by atoms with Crippen molar-refractivity contribution in [3.63, 3.8) is 0 Å². The molecule has 0 bridgehead atoms. The molecule has 0 saturated heterocycles. The fourth-order valence-electron chi connectivity index (χ4n) is 2.33. The van der Waals surface area contributed by atoms with Crippen LogP contribution in [0.1, 0.15) is 25.0 Å². The molecule has 0 aliphatic rings. The van der Waals surface area contributed by atoms with Crippen LogP contribution in [0, 0.1) is 11.3 Å². The van der Waals surface area contributed by atoms with E-state index in [9.17, 15) is 5.26 Å². The van der Waals surface area contributed by atoms with Crippen LogP contribution in [0.3, 0.4) is 0 Å². The Balaban J connectivity index is 2.12. The number of anilines is 1. The van der Waals surface area contributed by atoms with Crippen LogP contribution >= 0.6 is 11.8 Å². The predicted molar refractivity (Wildman–Crippen MR) is 90.8 cm³/mol. The molecule has 0 heterocycles. The van der Waals surface area contributed by atoms with Gasteiger partial charge in [-0.2, -0.15) is 5.26 Å². The first kappa shape index (κ1) is 15.5. The van der Waals surface area contributed by atoms with Gasteiger partial charge >= 0.3 is 0 Å². The maximum Gasteiger partial charge on any atom is 0.102 e. The van der Waals surface area contributed by atoms with Gasteiger partial charge in [-0.1, -0.05) is 43.3 Å². The van der Waals surface area contributed by atoms with E-state index in [4.69, 9.17) is 0 Å². The second-order valence-corrected chi connectivity index (χ2v) is 6.26. The SMILES string of the molecule is CCSc1cccc(NC(C)Cc2ccccc2)c1C#N. The van der Waals surface area contributed by atoms with Crippen LogP contribution in [0.4, 0.5) is 5.69 Å². The summed E-state index contributed by atoms with van der Waals surface area (Å²) in [5, 5.41) is 12.9. The molecule has 0 amide bonds. The lowest BCUT2D eigenvalue weighted by atomic mass is 10.1. The van der Waals surface area contributed by atoms with Crippen LogP contribution in [-0.4, -0.2) is 11.8 Å². The van der Waals surface area contributed by atoms with Gasteiger partial charge in [0.15, 0.2) is 0 Å². The maximum absolute atomic E-state index is 9.43. The number of hydrogen-bond acceptors (Lipinski definition) is 3. The minimum Gasteiger partial charge on any atom is -0.381 e. The number of nitrogens with one attached hydrogen (secondary N) is 1. The van der Waals surface area contributed by atoms with E-state index in [1.54, 1.807) is 11.8 Å². The highest BCUT2D eigenvalue weighted by atomic mass is 32.2. The van der Waals surface area contributed by atoms with Gasteiger partial charge in [-0.3, -0.25) is 0 Å². The molecule has 0 spiro atoms. The molecule has 2 aromatic carbocycles. The standard InChI is InChI=1S/C18H20N2S/c1-3-21-18-11-7-10-17(16(18)13-19)20-14(2)12-15-8-5-4-6-9-15/h4-11,14,20H,3,12H2,1-2H3. The minimum atomic E-state index is 0.279. The van der Waals surface area contributed by atoms with E-state index in [0.29, 0.717) is 0 Å². The Bertz CT molecular complexity index is 617. The Kier molecular flexibility index (Phi) is 5.71. The van der Waals surface area contributed by atoms with Crippen LogP contribution in [-0.2, 0) is 6.42 Å². The first-order valence-electron chi connectivity index (χ1n) is 7.21. The first-order valence-corrected chi connectivity index (χ1v) is 8.19. The lowest BCUT2D eigenvalue weighted by Gasteiger charge is -2.17. The molecule has 0 aliphatic heterocycles. The van der Waals surface area contributed by atoms with Crippen molar-refractivity contribution in [1.29, 1.82) is 5.26 Å². The average molecular weight is 296 g/mol. The van der Waals surface area contributed by atoms with Gasteiger partial charge in [0.1, 0.15) is 6.07 Å². The van der Waals surface area contributed by atoms with Crippen molar-refractivity contribution >= 4 is 17.4 Å². The van der Waals surface area contributed by atoms with Crippen molar-refractivity contribution in [2.75, 3.05) is 11.1 Å². The van der Waals surface area contributed by atoms with Gasteiger partial charge < -0.3 is 5.32 Å². The summed E-state index contributed by atoms with van der Waals surface area (Å²) in [4.78, 5) is 1.05. The lowest BCUT2D eigenvalue weighted by Crippen LogP contribution is -2.18. The molecular weight excluding hydrogens is 276 g/mol. The number of thioether (sulfide) groups is 1. The van der Waals surface area contributed by atoms with Gasteiger partial charge in [-0.05, 0) is 36.8 Å². The molecule has 0 fully saturated rings. The van der Waals surface area contributed by atoms with Gasteiger partial charge in [0, 0.05) is 10.9 Å². The summed E-state index contributed by atoms with van der Waals surface area (Å²) in [5.41, 5.74) is 2.98. The van der Waals surface area contributed by atoms with Crippen LogP contribution < -0.4 is 5.32 Å². The van der Waals surface area contributed by atoms with Crippen molar-refractivity contribution in [3.8, 4) is 6.07 Å². The molecular formula is C18H20N2S. The summed E-state index contributed by atoms with van der Waals surface area (Å²) in [6, 6.07) is 19.0. The van der Waals surface area contributed by atoms with E-state index in [1.807, 2.05) is 24.3 Å². The Morgan fingerprint density at radius 1 is 1.14 bits per heavy atom. The highest BCUT2D eigenvalue weighted by molar-refractivity contribution is 7.99. The maximum atomic E-state index is 9.43. The molecule has 2 nitrogen and oxygen atoms in total. The first-order chi connectivity index (χ1) is 10.2. The fraction of sp³-hybridized carbons (Fsp3) is 0.278. The van der Waals surface area contributed by atoms with Crippen molar-refractivity contribution in [2.24, 2.45) is 0 Å². The quantitative estimate of drug-likeness (QED) is 0.784. The van der Waals surface area contributed by atoms with Crippen molar-refractivity contribution in [3.05, 3.63) is 59.7 Å². The smallest absolute Gasteiger partial charge is 0.102 e. The molecule has 1 atom stereocenters. The summed E-state index contributed by atoms with van der Waals surface area (Å²) in [6.45, 7) is 4.25. The summed E-state index contributed by atoms with van der Waals surface area (Å²) in [7, 11) is 0. The van der Waals surface area contributed by atoms with Gasteiger partial charge in [0.05, 0.1) is 11.3 Å². The zero-order chi connectivity index (χ0) is 15.1. The van der Waals surface area contributed by atoms with Crippen LogP contribution in [0.25, 0.3) is 0 Å². The zero-order valence-electron chi connectivity index (χ0n) is 12.5. The van der Waals surface area contributed by atoms with Gasteiger partial charge in [-0.25, -0.2) is 0 Å². The van der Waals surface area contributed by atoms with E-state index in [2.05, 4.69) is 49.5 Å². The number of benzene rings is 2. The molecule has 0 saturated carbocycles. The van der Waals surface area contributed by atoms with E-state index in [1.165, 1.54) is 5.56 Å². The third-order valence-corrected chi connectivity index (χ3v) is 4.16. The largest absolute Gasteiger partial charge is 0.381 e. The Morgan fingerprint density at radius 2 is 1.90 bits per heavy atom. The Hall–Kier alpha value is -1.92. The average Bonchev–Trinajstić information content (AvgIpc) is 2.49. The number of rotatable bonds is 6. The molecule has 0 aromatic heterocycles. The third-order valence-electron chi connectivity index (χ3n) is 3.22. The zero-order valence-corrected chi connectivity index (χ0v) is 13.3. The summed E-state index contributed by atoms with van der Waals surface area (Å²) < 4.78 is 0. The van der Waals surface area contributed by atoms with Crippen molar-refractivity contribution < 1.29 is 0 Å². The minimum absolute atomic E-state index is 0.279. The molecule has 2 aromatic rings. The highest BCUT2D eigenvalue weighted by Crippen LogP contribution is 2.28. The van der Waals surface area contributed by atoms with E-state index in [-0.39, 0.29) is 6.04 Å². The highest BCUT2D eigenvalue weighted by Gasteiger charge is 2.10. The summed E-state index contributed by atoms with van der Waals surface area (Å²) >= 11 is 1.71. The molecule has 0 radical (unpaired) electrons. The molecule has 108 valence electrons. The molecule has 21 heavy (non-hydrogen) atoms.